The highest BCUT2D eigenvalue weighted by Crippen LogP contribution is 2.27. The first-order chi connectivity index (χ1) is 17.8. The molecule has 8 heteroatoms. The van der Waals surface area contributed by atoms with Crippen LogP contribution in [0.4, 0.5) is 5.69 Å². The van der Waals surface area contributed by atoms with Gasteiger partial charge in [0.2, 0.25) is 11.8 Å². The molecule has 1 heterocycles. The SMILES string of the molecule is CCOc1ccc(NC(=O)[C@H](CCCCCC(C)=O)NC(=O)Cc2c(C)[nH]c3ccc(OC)cc23)cc1. The predicted octanol–water partition coefficient (Wildman–Crippen LogP) is 5.09. The number of anilines is 1. The number of ether oxygens (including phenoxy) is 2. The highest BCUT2D eigenvalue weighted by Gasteiger charge is 2.22. The van der Waals surface area contributed by atoms with Gasteiger partial charge in [-0.05, 0) is 81.6 Å². The molecule has 0 aliphatic rings. The fourth-order valence-corrected chi connectivity index (χ4v) is 4.32. The Labute approximate surface area is 218 Å². The predicted molar refractivity (Wildman–Crippen MR) is 145 cm³/mol. The highest BCUT2D eigenvalue weighted by molar-refractivity contribution is 5.98. The molecule has 0 aliphatic carbocycles. The third kappa shape index (κ3) is 8.10. The molecule has 37 heavy (non-hydrogen) atoms. The minimum Gasteiger partial charge on any atom is -0.497 e. The van der Waals surface area contributed by atoms with Crippen LogP contribution in [0.3, 0.4) is 0 Å². The number of unbranched alkanes of at least 4 members (excludes halogenated alkanes) is 2. The summed E-state index contributed by atoms with van der Waals surface area (Å²) in [5.74, 6) is 1.08. The minimum atomic E-state index is -0.698. The number of hydrogen-bond acceptors (Lipinski definition) is 5. The molecule has 0 spiro atoms. The number of nitrogens with one attached hydrogen (secondary N) is 3. The van der Waals surface area contributed by atoms with Gasteiger partial charge in [0.1, 0.15) is 23.3 Å². The Morgan fingerprint density at radius 3 is 2.41 bits per heavy atom. The molecule has 3 N–H and O–H groups in total. The normalized spacial score (nSPS) is 11.7. The van der Waals surface area contributed by atoms with Crippen LogP contribution >= 0.6 is 0 Å². The maximum Gasteiger partial charge on any atom is 0.246 e. The van der Waals surface area contributed by atoms with Crippen molar-refractivity contribution < 1.29 is 23.9 Å². The topological polar surface area (TPSA) is 110 Å². The van der Waals surface area contributed by atoms with Gasteiger partial charge in [-0.1, -0.05) is 12.8 Å². The summed E-state index contributed by atoms with van der Waals surface area (Å²) in [6.45, 7) is 5.98. The Hall–Kier alpha value is -3.81. The number of carbonyl (C=O) groups excluding carboxylic acids is 3. The molecule has 0 aliphatic heterocycles. The van der Waals surface area contributed by atoms with Crippen molar-refractivity contribution in [2.45, 2.75) is 65.3 Å². The van der Waals surface area contributed by atoms with E-state index >= 15 is 0 Å². The summed E-state index contributed by atoms with van der Waals surface area (Å²) in [5, 5.41) is 6.77. The van der Waals surface area contributed by atoms with Crippen molar-refractivity contribution in [1.29, 1.82) is 0 Å². The van der Waals surface area contributed by atoms with Crippen LogP contribution in [0.15, 0.2) is 42.5 Å². The minimum absolute atomic E-state index is 0.135. The van der Waals surface area contributed by atoms with Gasteiger partial charge in [0.05, 0.1) is 20.1 Å². The summed E-state index contributed by atoms with van der Waals surface area (Å²) in [6.07, 6.45) is 3.44. The maximum absolute atomic E-state index is 13.2. The smallest absolute Gasteiger partial charge is 0.246 e. The lowest BCUT2D eigenvalue weighted by Crippen LogP contribution is -2.44. The van der Waals surface area contributed by atoms with E-state index in [1.807, 2.05) is 32.0 Å². The number of aromatic nitrogens is 1. The van der Waals surface area contributed by atoms with Crippen LogP contribution in [0.2, 0.25) is 0 Å². The van der Waals surface area contributed by atoms with Crippen molar-refractivity contribution in [3.05, 3.63) is 53.7 Å². The second-order valence-electron chi connectivity index (χ2n) is 9.18. The van der Waals surface area contributed by atoms with Crippen molar-refractivity contribution in [3.8, 4) is 11.5 Å². The van der Waals surface area contributed by atoms with Gasteiger partial charge in [0, 0.05) is 28.7 Å². The van der Waals surface area contributed by atoms with E-state index < -0.39 is 6.04 Å². The lowest BCUT2D eigenvalue weighted by molar-refractivity contribution is -0.126. The summed E-state index contributed by atoms with van der Waals surface area (Å²) in [7, 11) is 1.61. The number of Topliss-reactive ketones (excluding diaryl/α,β-unsaturated/α-hetero) is 1. The Kier molecular flexibility index (Phi) is 10.1. The molecule has 3 aromatic rings. The molecule has 0 unspecified atom stereocenters. The van der Waals surface area contributed by atoms with Crippen molar-refractivity contribution in [1.82, 2.24) is 10.3 Å². The van der Waals surface area contributed by atoms with Crippen LogP contribution in [0, 0.1) is 6.92 Å². The first-order valence-electron chi connectivity index (χ1n) is 12.8. The molecule has 8 nitrogen and oxygen atoms in total. The van der Waals surface area contributed by atoms with Gasteiger partial charge >= 0.3 is 0 Å². The van der Waals surface area contributed by atoms with Crippen LogP contribution in [-0.2, 0) is 20.8 Å². The summed E-state index contributed by atoms with van der Waals surface area (Å²) in [5.41, 5.74) is 3.33. The number of fused-ring (bicyclic) bond motifs is 1. The van der Waals surface area contributed by atoms with E-state index in [-0.39, 0.29) is 24.0 Å². The number of rotatable bonds is 14. The lowest BCUT2D eigenvalue weighted by atomic mass is 10.0. The molecule has 2 amide bonds. The van der Waals surface area contributed by atoms with Crippen LogP contribution in [0.25, 0.3) is 10.9 Å². The second kappa shape index (κ2) is 13.5. The quantitative estimate of drug-likeness (QED) is 0.263. The van der Waals surface area contributed by atoms with Crippen LogP contribution in [-0.4, -0.2) is 42.3 Å². The van der Waals surface area contributed by atoms with E-state index in [9.17, 15) is 14.4 Å². The number of methoxy groups -OCH3 is 1. The molecule has 3 rings (SSSR count). The Balaban J connectivity index is 1.70. The zero-order chi connectivity index (χ0) is 26.8. The number of ketones is 1. The van der Waals surface area contributed by atoms with Crippen LogP contribution < -0.4 is 20.1 Å². The third-order valence-corrected chi connectivity index (χ3v) is 6.27. The molecule has 198 valence electrons. The van der Waals surface area contributed by atoms with Crippen LogP contribution in [0.5, 0.6) is 11.5 Å². The van der Waals surface area contributed by atoms with Gasteiger partial charge in [-0.3, -0.25) is 9.59 Å². The fraction of sp³-hybridized carbons (Fsp3) is 0.414. The Morgan fingerprint density at radius 2 is 1.73 bits per heavy atom. The summed E-state index contributed by atoms with van der Waals surface area (Å²) in [6, 6.07) is 12.1. The molecule has 1 atom stereocenters. The fourth-order valence-electron chi connectivity index (χ4n) is 4.32. The average molecular weight is 508 g/mol. The zero-order valence-electron chi connectivity index (χ0n) is 22.1. The lowest BCUT2D eigenvalue weighted by Gasteiger charge is -2.19. The molecule has 0 radical (unpaired) electrons. The first kappa shape index (κ1) is 27.8. The molecule has 0 fully saturated rings. The maximum atomic E-state index is 13.2. The van der Waals surface area contributed by atoms with E-state index in [1.54, 1.807) is 38.3 Å². The van der Waals surface area contributed by atoms with E-state index in [0.717, 1.165) is 47.2 Å². The molecule has 0 bridgehead atoms. The van der Waals surface area contributed by atoms with Crippen molar-refractivity contribution in [2.24, 2.45) is 0 Å². The van der Waals surface area contributed by atoms with Gasteiger partial charge in [-0.15, -0.1) is 0 Å². The highest BCUT2D eigenvalue weighted by atomic mass is 16.5. The number of H-pyrrole nitrogens is 1. The number of aryl methyl sites for hydroxylation is 1. The molecule has 0 saturated carbocycles. The Bertz CT molecular complexity index is 1220. The summed E-state index contributed by atoms with van der Waals surface area (Å²) < 4.78 is 10.8. The van der Waals surface area contributed by atoms with Gasteiger partial charge in [0.15, 0.2) is 0 Å². The monoisotopic (exact) mass is 507 g/mol. The number of benzene rings is 2. The van der Waals surface area contributed by atoms with Gasteiger partial charge < -0.3 is 29.9 Å². The van der Waals surface area contributed by atoms with E-state index in [4.69, 9.17) is 9.47 Å². The molecular formula is C29H37N3O5. The van der Waals surface area contributed by atoms with Gasteiger partial charge in [-0.25, -0.2) is 0 Å². The molecule has 2 aromatic carbocycles. The molecule has 0 saturated heterocycles. The van der Waals surface area contributed by atoms with Crippen LogP contribution in [0.1, 0.15) is 57.2 Å². The van der Waals surface area contributed by atoms with Gasteiger partial charge in [0.25, 0.3) is 0 Å². The van der Waals surface area contributed by atoms with Crippen molar-refractivity contribution in [3.63, 3.8) is 0 Å². The zero-order valence-corrected chi connectivity index (χ0v) is 22.1. The van der Waals surface area contributed by atoms with Gasteiger partial charge in [-0.2, -0.15) is 0 Å². The molecule has 1 aromatic heterocycles. The standard InChI is InChI=1S/C29H37N3O5/c1-5-37-22-13-11-21(12-14-22)31-29(35)27(10-8-6-7-9-19(2)33)32-28(34)18-24-20(3)30-26-16-15-23(36-4)17-25(24)26/h11-17,27,30H,5-10,18H2,1-4H3,(H,31,35)(H,32,34)/t27-/m0/s1. The summed E-state index contributed by atoms with van der Waals surface area (Å²) in [4.78, 5) is 40.8. The second-order valence-corrected chi connectivity index (χ2v) is 9.18. The number of carbonyl (C=O) groups is 3. The number of amides is 2. The molecular weight excluding hydrogens is 470 g/mol. The van der Waals surface area contributed by atoms with E-state index in [1.165, 1.54) is 0 Å². The van der Waals surface area contributed by atoms with E-state index in [2.05, 4.69) is 15.6 Å². The number of hydrogen-bond donors (Lipinski definition) is 3. The van der Waals surface area contributed by atoms with Crippen molar-refractivity contribution >= 4 is 34.2 Å². The largest absolute Gasteiger partial charge is 0.497 e. The average Bonchev–Trinajstić information content (AvgIpc) is 3.18. The summed E-state index contributed by atoms with van der Waals surface area (Å²) >= 11 is 0. The van der Waals surface area contributed by atoms with E-state index in [0.29, 0.717) is 30.9 Å². The number of aromatic amines is 1. The third-order valence-electron chi connectivity index (χ3n) is 6.27. The Morgan fingerprint density at radius 1 is 1.00 bits per heavy atom. The first-order valence-corrected chi connectivity index (χ1v) is 12.8. The van der Waals surface area contributed by atoms with Crippen molar-refractivity contribution in [2.75, 3.05) is 19.0 Å².